The molecule has 0 N–H and O–H groups in total. The molecule has 4 heteroatoms. The number of hydrogen-bond acceptors (Lipinski definition) is 2. The topological polar surface area (TPSA) is 32.8 Å². The molecule has 88 valence electrons. The predicted molar refractivity (Wildman–Crippen MR) is 64.5 cm³/mol. The molecule has 0 aliphatic rings. The number of nitrogens with zero attached hydrogens (tertiary/aromatic N) is 2. The zero-order chi connectivity index (χ0) is 12.1. The van der Waals surface area contributed by atoms with Gasteiger partial charge in [-0.1, -0.05) is 18.2 Å². The molecule has 0 saturated heterocycles. The van der Waals surface area contributed by atoms with E-state index in [0.717, 1.165) is 5.69 Å². The molecule has 0 radical (unpaired) electrons. The molecule has 1 unspecified atom stereocenters. The number of benzene rings is 1. The number of ether oxygens (including phenoxy) is 1. The lowest BCUT2D eigenvalue weighted by Gasteiger charge is -2.30. The second-order valence-electron chi connectivity index (χ2n) is 3.72. The molecule has 0 saturated carbocycles. The molecule has 2 amide bonds. The normalized spacial score (nSPS) is 12.0. The lowest BCUT2D eigenvalue weighted by Crippen LogP contribution is -2.45. The Hall–Kier alpha value is -1.55. The smallest absolute Gasteiger partial charge is 0.326 e. The zero-order valence-corrected chi connectivity index (χ0v) is 10.2. The van der Waals surface area contributed by atoms with Crippen molar-refractivity contribution in [2.24, 2.45) is 0 Å². The maximum Gasteiger partial charge on any atom is 0.326 e. The molecule has 0 heterocycles. The highest BCUT2D eigenvalue weighted by Crippen LogP contribution is 2.18. The summed E-state index contributed by atoms with van der Waals surface area (Å²) < 4.78 is 5.22. The van der Waals surface area contributed by atoms with Gasteiger partial charge in [-0.25, -0.2) is 4.79 Å². The fourth-order valence-corrected chi connectivity index (χ4v) is 1.39. The second-order valence-corrected chi connectivity index (χ2v) is 3.72. The van der Waals surface area contributed by atoms with Crippen LogP contribution in [0.3, 0.4) is 0 Å². The van der Waals surface area contributed by atoms with Crippen LogP contribution in [0.15, 0.2) is 30.3 Å². The van der Waals surface area contributed by atoms with Crippen molar-refractivity contribution in [2.45, 2.75) is 13.2 Å². The second kappa shape index (κ2) is 5.51. The SMILES string of the molecule is COC(C)N(C(=O)N(C)C)c1ccccc1. The first-order valence-corrected chi connectivity index (χ1v) is 5.16. The highest BCUT2D eigenvalue weighted by atomic mass is 16.5. The number of hydrogen-bond donors (Lipinski definition) is 0. The Bertz CT molecular complexity index is 338. The van der Waals surface area contributed by atoms with Crippen LogP contribution in [0.1, 0.15) is 6.92 Å². The van der Waals surface area contributed by atoms with Gasteiger partial charge in [-0.15, -0.1) is 0 Å². The summed E-state index contributed by atoms with van der Waals surface area (Å²) in [6.07, 6.45) is -0.294. The van der Waals surface area contributed by atoms with Gasteiger partial charge in [0.15, 0.2) is 0 Å². The van der Waals surface area contributed by atoms with Crippen LogP contribution >= 0.6 is 0 Å². The van der Waals surface area contributed by atoms with Crippen molar-refractivity contribution < 1.29 is 9.53 Å². The molecule has 1 atom stereocenters. The van der Waals surface area contributed by atoms with Gasteiger partial charge in [0, 0.05) is 26.9 Å². The average Bonchev–Trinajstić information content (AvgIpc) is 2.30. The molecule has 0 spiro atoms. The Labute approximate surface area is 96.4 Å². The molecule has 1 rings (SSSR count). The van der Waals surface area contributed by atoms with Crippen molar-refractivity contribution in [3.63, 3.8) is 0 Å². The van der Waals surface area contributed by atoms with Gasteiger partial charge >= 0.3 is 6.03 Å². The van der Waals surface area contributed by atoms with Crippen LogP contribution in [0.4, 0.5) is 10.5 Å². The largest absolute Gasteiger partial charge is 0.361 e. The minimum atomic E-state index is -0.294. The third kappa shape index (κ3) is 2.73. The Morgan fingerprint density at radius 3 is 2.25 bits per heavy atom. The third-order valence-electron chi connectivity index (χ3n) is 2.33. The number of rotatable bonds is 3. The van der Waals surface area contributed by atoms with Crippen LogP contribution in [0.2, 0.25) is 0 Å². The zero-order valence-electron chi connectivity index (χ0n) is 10.2. The molecule has 1 aromatic rings. The molecule has 0 aliphatic heterocycles. The number of urea groups is 1. The van der Waals surface area contributed by atoms with Crippen molar-refractivity contribution in [2.75, 3.05) is 26.1 Å². The molecule has 4 nitrogen and oxygen atoms in total. The number of carbonyl (C=O) groups excluding carboxylic acids is 1. The van der Waals surface area contributed by atoms with Gasteiger partial charge in [0.25, 0.3) is 0 Å². The van der Waals surface area contributed by atoms with E-state index in [9.17, 15) is 4.79 Å². The molecular formula is C12H18N2O2. The molecular weight excluding hydrogens is 204 g/mol. The summed E-state index contributed by atoms with van der Waals surface area (Å²) in [4.78, 5) is 15.2. The van der Waals surface area contributed by atoms with E-state index in [1.54, 1.807) is 26.1 Å². The lowest BCUT2D eigenvalue weighted by atomic mass is 10.3. The summed E-state index contributed by atoms with van der Waals surface area (Å²) in [6.45, 7) is 1.84. The number of methoxy groups -OCH3 is 1. The van der Waals surface area contributed by atoms with Gasteiger partial charge in [-0.05, 0) is 19.1 Å². The summed E-state index contributed by atoms with van der Waals surface area (Å²) in [5.41, 5.74) is 0.829. The molecule has 0 aromatic heterocycles. The van der Waals surface area contributed by atoms with Gasteiger partial charge in [-0.2, -0.15) is 0 Å². The average molecular weight is 222 g/mol. The maximum absolute atomic E-state index is 12.0. The van der Waals surface area contributed by atoms with Crippen LogP contribution < -0.4 is 4.90 Å². The Balaban J connectivity index is 3.01. The van der Waals surface area contributed by atoms with E-state index in [1.165, 1.54) is 4.90 Å². The molecule has 0 aliphatic carbocycles. The van der Waals surface area contributed by atoms with E-state index >= 15 is 0 Å². The van der Waals surface area contributed by atoms with Crippen molar-refractivity contribution in [1.29, 1.82) is 0 Å². The van der Waals surface area contributed by atoms with Crippen molar-refractivity contribution >= 4 is 11.7 Å². The summed E-state index contributed by atoms with van der Waals surface area (Å²) in [6, 6.07) is 9.38. The van der Waals surface area contributed by atoms with Gasteiger partial charge in [0.05, 0.1) is 0 Å². The van der Waals surface area contributed by atoms with Gasteiger partial charge in [0.2, 0.25) is 0 Å². The van der Waals surface area contributed by atoms with E-state index in [-0.39, 0.29) is 12.3 Å². The summed E-state index contributed by atoms with van der Waals surface area (Å²) in [5.74, 6) is 0. The number of amides is 2. The number of carbonyl (C=O) groups is 1. The summed E-state index contributed by atoms with van der Waals surface area (Å²) >= 11 is 0. The number of para-hydroxylation sites is 1. The van der Waals surface area contributed by atoms with Crippen LogP contribution in [0.25, 0.3) is 0 Å². The lowest BCUT2D eigenvalue weighted by molar-refractivity contribution is 0.113. The summed E-state index contributed by atoms with van der Waals surface area (Å²) in [7, 11) is 5.03. The van der Waals surface area contributed by atoms with Crippen molar-refractivity contribution in [3.8, 4) is 0 Å². The fourth-order valence-electron chi connectivity index (χ4n) is 1.39. The summed E-state index contributed by atoms with van der Waals surface area (Å²) in [5, 5.41) is 0. The van der Waals surface area contributed by atoms with Crippen LogP contribution in [0.5, 0.6) is 0 Å². The first kappa shape index (κ1) is 12.5. The van der Waals surface area contributed by atoms with E-state index in [0.29, 0.717) is 0 Å². The third-order valence-corrected chi connectivity index (χ3v) is 2.33. The highest BCUT2D eigenvalue weighted by Gasteiger charge is 2.22. The monoisotopic (exact) mass is 222 g/mol. The first-order valence-electron chi connectivity index (χ1n) is 5.16. The molecule has 0 fully saturated rings. The minimum Gasteiger partial charge on any atom is -0.361 e. The molecule has 16 heavy (non-hydrogen) atoms. The van der Waals surface area contributed by atoms with Crippen molar-refractivity contribution in [1.82, 2.24) is 4.90 Å². The van der Waals surface area contributed by atoms with Crippen LogP contribution in [0, 0.1) is 0 Å². The van der Waals surface area contributed by atoms with E-state index in [1.807, 2.05) is 37.3 Å². The first-order chi connectivity index (χ1) is 7.57. The minimum absolute atomic E-state index is 0.0967. The van der Waals surface area contributed by atoms with E-state index < -0.39 is 0 Å². The van der Waals surface area contributed by atoms with Gasteiger partial charge in [0.1, 0.15) is 6.23 Å². The predicted octanol–water partition coefficient (Wildman–Crippen LogP) is 2.17. The number of anilines is 1. The van der Waals surface area contributed by atoms with Gasteiger partial charge in [-0.3, -0.25) is 4.90 Å². The van der Waals surface area contributed by atoms with Gasteiger partial charge < -0.3 is 9.64 Å². The standard InChI is InChI=1S/C12H18N2O2/c1-10(16-4)14(12(15)13(2)3)11-8-6-5-7-9-11/h5-10H,1-4H3. The van der Waals surface area contributed by atoms with Crippen LogP contribution in [-0.2, 0) is 4.74 Å². The highest BCUT2D eigenvalue weighted by molar-refractivity contribution is 5.91. The maximum atomic E-state index is 12.0. The Kier molecular flexibility index (Phi) is 4.31. The fraction of sp³-hybridized carbons (Fsp3) is 0.417. The molecule has 0 bridgehead atoms. The Morgan fingerprint density at radius 1 is 1.25 bits per heavy atom. The van der Waals surface area contributed by atoms with E-state index in [2.05, 4.69) is 0 Å². The quantitative estimate of drug-likeness (QED) is 0.734. The van der Waals surface area contributed by atoms with Crippen molar-refractivity contribution in [3.05, 3.63) is 30.3 Å². The van der Waals surface area contributed by atoms with Crippen LogP contribution in [-0.4, -0.2) is 38.4 Å². The molecule has 1 aromatic carbocycles. The van der Waals surface area contributed by atoms with E-state index in [4.69, 9.17) is 4.74 Å². The Morgan fingerprint density at radius 2 is 1.81 bits per heavy atom.